The Bertz CT molecular complexity index is 601. The fourth-order valence-corrected chi connectivity index (χ4v) is 4.13. The fourth-order valence-electron chi connectivity index (χ4n) is 4.13. The second-order valence-electron chi connectivity index (χ2n) is 7.93. The number of aliphatic hydroxyl groups is 1. The molecule has 1 aromatic carbocycles. The number of piperidine rings is 2. The molecule has 1 atom stereocenters. The van der Waals surface area contributed by atoms with Crippen molar-refractivity contribution in [2.45, 2.75) is 51.2 Å². The molecule has 5 heteroatoms. The van der Waals surface area contributed by atoms with Gasteiger partial charge in [0.25, 0.3) is 5.91 Å². The van der Waals surface area contributed by atoms with Gasteiger partial charge in [-0.1, -0.05) is 36.2 Å². The Morgan fingerprint density at radius 3 is 2.73 bits per heavy atom. The Hall–Kier alpha value is -1.43. The molecule has 0 saturated carbocycles. The third kappa shape index (κ3) is 5.06. The molecule has 3 rings (SSSR count). The van der Waals surface area contributed by atoms with Crippen LogP contribution in [0, 0.1) is 6.92 Å². The summed E-state index contributed by atoms with van der Waals surface area (Å²) in [5, 5.41) is 14.2. The van der Waals surface area contributed by atoms with E-state index in [4.69, 9.17) is 0 Å². The van der Waals surface area contributed by atoms with Crippen LogP contribution in [0.2, 0.25) is 0 Å². The maximum Gasteiger partial charge on any atom is 0.256 e. The van der Waals surface area contributed by atoms with E-state index in [1.165, 1.54) is 37.9 Å². The molecule has 0 aliphatic carbocycles. The van der Waals surface area contributed by atoms with Gasteiger partial charge in [-0.15, -0.1) is 0 Å². The molecular formula is C21H33N3O2. The highest BCUT2D eigenvalue weighted by Gasteiger charge is 2.41. The number of likely N-dealkylation sites (tertiary alicyclic amines) is 2. The number of hydrogen-bond donors (Lipinski definition) is 2. The van der Waals surface area contributed by atoms with Gasteiger partial charge in [0.2, 0.25) is 0 Å². The number of hydrogen-bond acceptors (Lipinski definition) is 4. The van der Waals surface area contributed by atoms with Crippen molar-refractivity contribution in [1.82, 2.24) is 15.1 Å². The van der Waals surface area contributed by atoms with Crippen LogP contribution in [0.5, 0.6) is 0 Å². The zero-order valence-corrected chi connectivity index (χ0v) is 16.0. The number of aryl methyl sites for hydroxylation is 1. The Balaban J connectivity index is 1.48. The van der Waals surface area contributed by atoms with E-state index in [-0.39, 0.29) is 5.91 Å². The Morgan fingerprint density at radius 1 is 1.15 bits per heavy atom. The highest BCUT2D eigenvalue weighted by Crippen LogP contribution is 2.24. The van der Waals surface area contributed by atoms with E-state index in [1.807, 2.05) is 17.0 Å². The number of nitrogens with zero attached hydrogens (tertiary/aromatic N) is 2. The fraction of sp³-hybridized carbons (Fsp3) is 0.667. The predicted molar refractivity (Wildman–Crippen MR) is 104 cm³/mol. The molecule has 0 spiro atoms. The van der Waals surface area contributed by atoms with E-state index in [0.717, 1.165) is 31.6 Å². The molecule has 1 amide bonds. The maximum absolute atomic E-state index is 12.9. The third-order valence-corrected chi connectivity index (χ3v) is 5.63. The van der Waals surface area contributed by atoms with Crippen molar-refractivity contribution in [2.24, 2.45) is 0 Å². The average Bonchev–Trinajstić information content (AvgIpc) is 2.64. The first-order valence-corrected chi connectivity index (χ1v) is 10.1. The van der Waals surface area contributed by atoms with Gasteiger partial charge < -0.3 is 20.2 Å². The number of benzene rings is 1. The van der Waals surface area contributed by atoms with Crippen LogP contribution in [-0.4, -0.2) is 65.7 Å². The van der Waals surface area contributed by atoms with Gasteiger partial charge in [-0.25, -0.2) is 0 Å². The van der Waals surface area contributed by atoms with Crippen LogP contribution < -0.4 is 5.32 Å². The minimum absolute atomic E-state index is 0.129. The summed E-state index contributed by atoms with van der Waals surface area (Å²) >= 11 is 0. The SMILES string of the molecule is Cc1cccc(CN2CCC[C@@](O)(CNCCN3CCCCC3)C2=O)c1. The lowest BCUT2D eigenvalue weighted by atomic mass is 9.91. The molecule has 2 saturated heterocycles. The van der Waals surface area contributed by atoms with E-state index in [0.29, 0.717) is 19.5 Å². The number of nitrogens with one attached hydrogen (secondary N) is 1. The molecule has 2 aliphatic heterocycles. The van der Waals surface area contributed by atoms with E-state index >= 15 is 0 Å². The minimum atomic E-state index is -1.26. The Labute approximate surface area is 157 Å². The van der Waals surface area contributed by atoms with Crippen molar-refractivity contribution >= 4 is 5.91 Å². The summed E-state index contributed by atoms with van der Waals surface area (Å²) in [7, 11) is 0. The van der Waals surface area contributed by atoms with Crippen LogP contribution in [0.25, 0.3) is 0 Å². The van der Waals surface area contributed by atoms with Crippen LogP contribution >= 0.6 is 0 Å². The quantitative estimate of drug-likeness (QED) is 0.731. The smallest absolute Gasteiger partial charge is 0.256 e. The second-order valence-corrected chi connectivity index (χ2v) is 7.93. The topological polar surface area (TPSA) is 55.8 Å². The van der Waals surface area contributed by atoms with Crippen molar-refractivity contribution in [3.63, 3.8) is 0 Å². The zero-order chi connectivity index (χ0) is 18.4. The van der Waals surface area contributed by atoms with Crippen molar-refractivity contribution in [1.29, 1.82) is 0 Å². The number of carbonyl (C=O) groups is 1. The summed E-state index contributed by atoms with van der Waals surface area (Å²) in [5.74, 6) is -0.129. The molecule has 144 valence electrons. The first-order valence-electron chi connectivity index (χ1n) is 10.1. The number of carbonyl (C=O) groups excluding carboxylic acids is 1. The molecule has 2 N–H and O–H groups in total. The second kappa shape index (κ2) is 8.98. The maximum atomic E-state index is 12.9. The Kier molecular flexibility index (Phi) is 6.68. The van der Waals surface area contributed by atoms with E-state index in [9.17, 15) is 9.90 Å². The average molecular weight is 360 g/mol. The van der Waals surface area contributed by atoms with E-state index < -0.39 is 5.60 Å². The normalized spacial score (nSPS) is 24.8. The molecule has 26 heavy (non-hydrogen) atoms. The summed E-state index contributed by atoms with van der Waals surface area (Å²) in [6.07, 6.45) is 5.32. The number of rotatable bonds is 7. The monoisotopic (exact) mass is 359 g/mol. The van der Waals surface area contributed by atoms with Gasteiger partial charge in [-0.05, 0) is 51.3 Å². The lowest BCUT2D eigenvalue weighted by Crippen LogP contribution is -2.58. The standard InChI is InChI=1S/C21H33N3O2/c1-18-7-5-8-19(15-18)16-24-13-6-9-21(26,20(24)25)17-22-10-14-23-11-3-2-4-12-23/h5,7-8,15,22,26H,2-4,6,9-14,16-17H2,1H3/t21-/m1/s1. The molecular weight excluding hydrogens is 326 g/mol. The summed E-state index contributed by atoms with van der Waals surface area (Å²) in [6, 6.07) is 8.24. The molecule has 5 nitrogen and oxygen atoms in total. The number of amides is 1. The first kappa shape index (κ1) is 19.3. The van der Waals surface area contributed by atoms with E-state index in [2.05, 4.69) is 29.3 Å². The van der Waals surface area contributed by atoms with Crippen molar-refractivity contribution < 1.29 is 9.90 Å². The molecule has 2 fully saturated rings. The largest absolute Gasteiger partial charge is 0.379 e. The van der Waals surface area contributed by atoms with Crippen LogP contribution in [0.4, 0.5) is 0 Å². The van der Waals surface area contributed by atoms with Gasteiger partial charge in [-0.2, -0.15) is 0 Å². The van der Waals surface area contributed by atoms with Crippen molar-refractivity contribution in [3.05, 3.63) is 35.4 Å². The van der Waals surface area contributed by atoms with Gasteiger partial charge in [0.1, 0.15) is 0 Å². The highest BCUT2D eigenvalue weighted by molar-refractivity contribution is 5.86. The first-order chi connectivity index (χ1) is 12.6. The summed E-state index contributed by atoms with van der Waals surface area (Å²) in [5.41, 5.74) is 1.06. The predicted octanol–water partition coefficient (Wildman–Crippen LogP) is 1.92. The van der Waals surface area contributed by atoms with Crippen LogP contribution in [0.15, 0.2) is 24.3 Å². The summed E-state index contributed by atoms with van der Waals surface area (Å²) in [6.45, 7) is 7.89. The molecule has 1 aromatic rings. The Morgan fingerprint density at radius 2 is 1.96 bits per heavy atom. The van der Waals surface area contributed by atoms with Crippen LogP contribution in [0.1, 0.15) is 43.2 Å². The van der Waals surface area contributed by atoms with Gasteiger partial charge in [0.15, 0.2) is 5.60 Å². The van der Waals surface area contributed by atoms with Crippen molar-refractivity contribution in [2.75, 3.05) is 39.3 Å². The molecule has 2 heterocycles. The van der Waals surface area contributed by atoms with Gasteiger partial charge in [-0.3, -0.25) is 4.79 Å². The summed E-state index contributed by atoms with van der Waals surface area (Å²) < 4.78 is 0. The molecule has 0 radical (unpaired) electrons. The molecule has 0 bridgehead atoms. The minimum Gasteiger partial charge on any atom is -0.379 e. The lowest BCUT2D eigenvalue weighted by molar-refractivity contribution is -0.157. The molecule has 0 unspecified atom stereocenters. The third-order valence-electron chi connectivity index (χ3n) is 5.63. The molecule has 2 aliphatic rings. The van der Waals surface area contributed by atoms with Gasteiger partial charge in [0, 0.05) is 32.7 Å². The highest BCUT2D eigenvalue weighted by atomic mass is 16.3. The van der Waals surface area contributed by atoms with Gasteiger partial charge in [0.05, 0.1) is 0 Å². The van der Waals surface area contributed by atoms with Crippen LogP contribution in [-0.2, 0) is 11.3 Å². The summed E-state index contributed by atoms with van der Waals surface area (Å²) in [4.78, 5) is 17.1. The van der Waals surface area contributed by atoms with E-state index in [1.54, 1.807) is 0 Å². The molecule has 0 aromatic heterocycles. The van der Waals surface area contributed by atoms with Crippen molar-refractivity contribution in [3.8, 4) is 0 Å². The lowest BCUT2D eigenvalue weighted by Gasteiger charge is -2.38. The zero-order valence-electron chi connectivity index (χ0n) is 16.0. The van der Waals surface area contributed by atoms with Crippen LogP contribution in [0.3, 0.4) is 0 Å². The van der Waals surface area contributed by atoms with Gasteiger partial charge >= 0.3 is 0 Å².